The molecule has 3 nitrogen and oxygen atoms in total. The van der Waals surface area contributed by atoms with Crippen molar-refractivity contribution in [2.45, 2.75) is 18.9 Å². The van der Waals surface area contributed by atoms with E-state index in [9.17, 15) is 4.79 Å². The fourth-order valence-electron chi connectivity index (χ4n) is 2.07. The van der Waals surface area contributed by atoms with E-state index in [1.165, 1.54) is 6.42 Å². The van der Waals surface area contributed by atoms with Gasteiger partial charge in [0.25, 0.3) is 0 Å². The first-order valence-corrected chi connectivity index (χ1v) is 4.54. The summed E-state index contributed by atoms with van der Waals surface area (Å²) in [6, 6.07) is 0. The zero-order chi connectivity index (χ0) is 8.72. The molecule has 12 heavy (non-hydrogen) atoms. The Kier molecular flexibility index (Phi) is 1.83. The van der Waals surface area contributed by atoms with Gasteiger partial charge in [0.1, 0.15) is 0 Å². The second-order valence-electron chi connectivity index (χ2n) is 3.90. The third kappa shape index (κ3) is 1.12. The zero-order valence-corrected chi connectivity index (χ0v) is 7.62. The van der Waals surface area contributed by atoms with Crippen LogP contribution in [0.25, 0.3) is 0 Å². The first-order valence-electron chi connectivity index (χ1n) is 4.54. The minimum absolute atomic E-state index is 0.183. The Hall–Kier alpha value is -0.570. The minimum Gasteiger partial charge on any atom is -0.377 e. The third-order valence-electron chi connectivity index (χ3n) is 2.81. The first kappa shape index (κ1) is 8.05. The highest BCUT2D eigenvalue weighted by Gasteiger charge is 2.57. The summed E-state index contributed by atoms with van der Waals surface area (Å²) in [5.41, 5.74) is 0. The zero-order valence-electron chi connectivity index (χ0n) is 7.62. The van der Waals surface area contributed by atoms with E-state index in [4.69, 9.17) is 4.74 Å². The largest absolute Gasteiger partial charge is 0.377 e. The molecule has 2 aliphatic rings. The number of hydrogen-bond donors (Lipinski definition) is 0. The second-order valence-corrected chi connectivity index (χ2v) is 3.90. The molecule has 1 heterocycles. The fraction of sp³-hybridized carbons (Fsp3) is 0.889. The van der Waals surface area contributed by atoms with Crippen LogP contribution in [0.4, 0.5) is 0 Å². The SMILES string of the molecule is CN(C)C(=O)C1C2CCCOC21. The number of fused-ring (bicyclic) bond motifs is 1. The highest BCUT2D eigenvalue weighted by Crippen LogP contribution is 2.48. The van der Waals surface area contributed by atoms with E-state index in [2.05, 4.69) is 0 Å². The predicted octanol–water partition coefficient (Wildman–Crippen LogP) is 0.500. The van der Waals surface area contributed by atoms with Crippen LogP contribution in [0.3, 0.4) is 0 Å². The monoisotopic (exact) mass is 169 g/mol. The van der Waals surface area contributed by atoms with Gasteiger partial charge in [0.15, 0.2) is 0 Å². The first-order chi connectivity index (χ1) is 5.72. The molecule has 2 rings (SSSR count). The molecule has 3 unspecified atom stereocenters. The van der Waals surface area contributed by atoms with Crippen LogP contribution in [0.5, 0.6) is 0 Å². The quantitative estimate of drug-likeness (QED) is 0.572. The van der Waals surface area contributed by atoms with Crippen molar-refractivity contribution in [2.24, 2.45) is 11.8 Å². The number of carbonyl (C=O) groups is 1. The molecule has 0 N–H and O–H groups in total. The van der Waals surface area contributed by atoms with Crippen LogP contribution in [-0.4, -0.2) is 37.6 Å². The molecular weight excluding hydrogens is 154 g/mol. The molecule has 1 amide bonds. The molecule has 1 saturated carbocycles. The molecule has 1 aliphatic carbocycles. The summed E-state index contributed by atoms with van der Waals surface area (Å²) >= 11 is 0. The number of hydrogen-bond acceptors (Lipinski definition) is 2. The predicted molar refractivity (Wildman–Crippen MR) is 44.6 cm³/mol. The lowest BCUT2D eigenvalue weighted by molar-refractivity contribution is -0.131. The van der Waals surface area contributed by atoms with Gasteiger partial charge in [-0.05, 0) is 12.8 Å². The number of amides is 1. The topological polar surface area (TPSA) is 29.5 Å². The lowest BCUT2D eigenvalue weighted by Crippen LogP contribution is -2.25. The van der Waals surface area contributed by atoms with Crippen LogP contribution in [0.1, 0.15) is 12.8 Å². The van der Waals surface area contributed by atoms with Crippen LogP contribution >= 0.6 is 0 Å². The summed E-state index contributed by atoms with van der Waals surface area (Å²) in [5, 5.41) is 0. The third-order valence-corrected chi connectivity index (χ3v) is 2.81. The van der Waals surface area contributed by atoms with Gasteiger partial charge in [-0.25, -0.2) is 0 Å². The molecule has 0 bridgehead atoms. The molecule has 0 aromatic heterocycles. The van der Waals surface area contributed by atoms with Crippen LogP contribution in [0.2, 0.25) is 0 Å². The summed E-state index contributed by atoms with van der Waals surface area (Å²) in [6.45, 7) is 0.846. The number of carbonyl (C=O) groups excluding carboxylic acids is 1. The summed E-state index contributed by atoms with van der Waals surface area (Å²) in [6.07, 6.45) is 2.56. The van der Waals surface area contributed by atoms with E-state index in [0.717, 1.165) is 13.0 Å². The summed E-state index contributed by atoms with van der Waals surface area (Å²) in [4.78, 5) is 13.2. The summed E-state index contributed by atoms with van der Waals surface area (Å²) in [7, 11) is 3.62. The Morgan fingerprint density at radius 1 is 1.50 bits per heavy atom. The molecular formula is C9H15NO2. The fourth-order valence-corrected chi connectivity index (χ4v) is 2.07. The van der Waals surface area contributed by atoms with Gasteiger partial charge in [-0.1, -0.05) is 0 Å². The van der Waals surface area contributed by atoms with Crippen molar-refractivity contribution >= 4 is 5.91 Å². The van der Waals surface area contributed by atoms with Crippen LogP contribution in [-0.2, 0) is 9.53 Å². The summed E-state index contributed by atoms with van der Waals surface area (Å²) < 4.78 is 5.49. The molecule has 68 valence electrons. The van der Waals surface area contributed by atoms with Gasteiger partial charge >= 0.3 is 0 Å². The molecule has 3 heteroatoms. The number of rotatable bonds is 1. The molecule has 0 radical (unpaired) electrons. The van der Waals surface area contributed by atoms with Crippen LogP contribution in [0, 0.1) is 11.8 Å². The van der Waals surface area contributed by atoms with Crippen LogP contribution < -0.4 is 0 Å². The second kappa shape index (κ2) is 2.73. The van der Waals surface area contributed by atoms with E-state index < -0.39 is 0 Å². The van der Waals surface area contributed by atoms with Gasteiger partial charge in [-0.15, -0.1) is 0 Å². The molecule has 0 aromatic rings. The van der Waals surface area contributed by atoms with Crippen molar-refractivity contribution in [3.8, 4) is 0 Å². The number of ether oxygens (including phenoxy) is 1. The maximum absolute atomic E-state index is 11.5. The van der Waals surface area contributed by atoms with Crippen molar-refractivity contribution in [3.63, 3.8) is 0 Å². The normalized spacial score (nSPS) is 38.7. The number of nitrogens with zero attached hydrogens (tertiary/aromatic N) is 1. The van der Waals surface area contributed by atoms with Crippen molar-refractivity contribution in [3.05, 3.63) is 0 Å². The van der Waals surface area contributed by atoms with Crippen molar-refractivity contribution in [2.75, 3.05) is 20.7 Å². The average Bonchev–Trinajstić information content (AvgIpc) is 2.76. The standard InChI is InChI=1S/C9H15NO2/c1-10(2)9(11)7-6-4-3-5-12-8(6)7/h6-8H,3-5H2,1-2H3. The van der Waals surface area contributed by atoms with E-state index >= 15 is 0 Å². The average molecular weight is 169 g/mol. The van der Waals surface area contributed by atoms with Gasteiger partial charge in [0, 0.05) is 26.6 Å². The van der Waals surface area contributed by atoms with Gasteiger partial charge < -0.3 is 9.64 Å². The molecule has 2 fully saturated rings. The molecule has 3 atom stereocenters. The molecule has 0 aromatic carbocycles. The van der Waals surface area contributed by atoms with E-state index in [1.807, 2.05) is 14.1 Å². The van der Waals surface area contributed by atoms with Gasteiger partial charge in [-0.3, -0.25) is 4.79 Å². The van der Waals surface area contributed by atoms with Gasteiger partial charge in [0.2, 0.25) is 5.91 Å². The summed E-state index contributed by atoms with van der Waals surface area (Å²) in [5.74, 6) is 0.961. The van der Waals surface area contributed by atoms with E-state index in [-0.39, 0.29) is 17.9 Å². The minimum atomic E-state index is 0.183. The molecule has 0 spiro atoms. The lowest BCUT2D eigenvalue weighted by atomic mass is 10.2. The van der Waals surface area contributed by atoms with Crippen molar-refractivity contribution in [1.29, 1.82) is 0 Å². The van der Waals surface area contributed by atoms with Gasteiger partial charge in [-0.2, -0.15) is 0 Å². The Bertz CT molecular complexity index is 191. The Morgan fingerprint density at radius 3 is 2.75 bits per heavy atom. The maximum Gasteiger partial charge on any atom is 0.228 e. The highest BCUT2D eigenvalue weighted by atomic mass is 16.5. The molecule has 1 aliphatic heterocycles. The maximum atomic E-state index is 11.5. The Morgan fingerprint density at radius 2 is 2.25 bits per heavy atom. The molecule has 1 saturated heterocycles. The van der Waals surface area contributed by atoms with Crippen LogP contribution in [0.15, 0.2) is 0 Å². The Balaban J connectivity index is 1.96. The van der Waals surface area contributed by atoms with Gasteiger partial charge in [0.05, 0.1) is 12.0 Å². The Labute approximate surface area is 72.7 Å². The van der Waals surface area contributed by atoms with Crippen molar-refractivity contribution < 1.29 is 9.53 Å². The lowest BCUT2D eigenvalue weighted by Gasteiger charge is -2.08. The van der Waals surface area contributed by atoms with E-state index in [0.29, 0.717) is 5.92 Å². The smallest absolute Gasteiger partial charge is 0.228 e. The van der Waals surface area contributed by atoms with Crippen molar-refractivity contribution in [1.82, 2.24) is 4.90 Å². The highest BCUT2D eigenvalue weighted by molar-refractivity contribution is 5.82. The van der Waals surface area contributed by atoms with E-state index in [1.54, 1.807) is 4.90 Å².